The smallest absolute Gasteiger partial charge is 0.254 e. The lowest BCUT2D eigenvalue weighted by Gasteiger charge is -2.29. The number of carbonyl (C=O) groups is 2. The molecule has 1 atom stereocenters. The fourth-order valence-corrected chi connectivity index (χ4v) is 4.31. The summed E-state index contributed by atoms with van der Waals surface area (Å²) < 4.78 is 2.16. The Hall–Kier alpha value is -2.44. The summed E-state index contributed by atoms with van der Waals surface area (Å²) >= 11 is 0. The zero-order chi connectivity index (χ0) is 19.7. The normalized spacial score (nSPS) is 18.4. The lowest BCUT2D eigenvalue weighted by molar-refractivity contribution is -0.133. The van der Waals surface area contributed by atoms with Crippen LogP contribution in [0.25, 0.3) is 11.2 Å². The van der Waals surface area contributed by atoms with Gasteiger partial charge in [-0.05, 0) is 52.0 Å². The van der Waals surface area contributed by atoms with Gasteiger partial charge in [0.1, 0.15) is 17.4 Å². The number of aryl methyl sites for hydroxylation is 3. The van der Waals surface area contributed by atoms with Crippen LogP contribution in [0, 0.1) is 6.92 Å². The molecule has 0 spiro atoms. The van der Waals surface area contributed by atoms with Crippen LogP contribution in [-0.2, 0) is 17.8 Å². The van der Waals surface area contributed by atoms with Crippen molar-refractivity contribution in [3.8, 4) is 0 Å². The molecule has 28 heavy (non-hydrogen) atoms. The molecule has 2 aliphatic rings. The summed E-state index contributed by atoms with van der Waals surface area (Å²) in [5, 5.41) is 2.90. The average molecular weight is 383 g/mol. The largest absolute Gasteiger partial charge is 0.341 e. The standard InChI is InChI=1S/C21H29N5O2/c1-14-13-16(18-19(22-14)26-12-8-3-5-9-17(26)24-18)20(27)23-15(2)21(28)25-10-6-4-7-11-25/h13,15H,3-12H2,1-2H3,(H,23,27)/t15-/m0/s1. The molecule has 7 nitrogen and oxygen atoms in total. The summed E-state index contributed by atoms with van der Waals surface area (Å²) in [5.74, 6) is 0.759. The molecule has 0 bridgehead atoms. The summed E-state index contributed by atoms with van der Waals surface area (Å²) in [4.78, 5) is 37.0. The summed E-state index contributed by atoms with van der Waals surface area (Å²) in [5.41, 5.74) is 2.75. The fourth-order valence-electron chi connectivity index (χ4n) is 4.31. The second-order valence-corrected chi connectivity index (χ2v) is 8.05. The summed E-state index contributed by atoms with van der Waals surface area (Å²) in [6.07, 6.45) is 7.58. The molecule has 0 aliphatic carbocycles. The number of nitrogens with one attached hydrogen (secondary N) is 1. The van der Waals surface area contributed by atoms with Crippen molar-refractivity contribution in [3.63, 3.8) is 0 Å². The molecule has 0 radical (unpaired) electrons. The molecule has 2 amide bonds. The van der Waals surface area contributed by atoms with E-state index in [1.54, 1.807) is 13.0 Å². The van der Waals surface area contributed by atoms with Crippen molar-refractivity contribution in [1.82, 2.24) is 24.8 Å². The van der Waals surface area contributed by atoms with Crippen LogP contribution < -0.4 is 5.32 Å². The molecule has 2 aromatic rings. The second-order valence-electron chi connectivity index (χ2n) is 8.05. The molecule has 0 unspecified atom stereocenters. The van der Waals surface area contributed by atoms with Crippen LogP contribution >= 0.6 is 0 Å². The van der Waals surface area contributed by atoms with Gasteiger partial charge < -0.3 is 14.8 Å². The Morgan fingerprint density at radius 3 is 2.54 bits per heavy atom. The number of hydrogen-bond donors (Lipinski definition) is 1. The van der Waals surface area contributed by atoms with E-state index in [4.69, 9.17) is 4.98 Å². The van der Waals surface area contributed by atoms with Gasteiger partial charge in [-0.1, -0.05) is 6.42 Å². The maximum atomic E-state index is 13.0. The molecule has 1 fully saturated rings. The monoisotopic (exact) mass is 383 g/mol. The summed E-state index contributed by atoms with van der Waals surface area (Å²) in [6.45, 7) is 6.13. The van der Waals surface area contributed by atoms with Crippen molar-refractivity contribution < 1.29 is 9.59 Å². The van der Waals surface area contributed by atoms with Gasteiger partial charge in [0.2, 0.25) is 5.91 Å². The zero-order valence-electron chi connectivity index (χ0n) is 16.8. The van der Waals surface area contributed by atoms with Gasteiger partial charge in [0, 0.05) is 31.7 Å². The van der Waals surface area contributed by atoms with E-state index >= 15 is 0 Å². The molecule has 2 aliphatic heterocycles. The lowest BCUT2D eigenvalue weighted by atomic mass is 10.1. The third-order valence-corrected chi connectivity index (χ3v) is 5.82. The average Bonchev–Trinajstić information content (AvgIpc) is 2.88. The highest BCUT2D eigenvalue weighted by Crippen LogP contribution is 2.24. The predicted octanol–water partition coefficient (Wildman–Crippen LogP) is 2.60. The first-order valence-corrected chi connectivity index (χ1v) is 10.5. The van der Waals surface area contributed by atoms with Gasteiger partial charge in [-0.15, -0.1) is 0 Å². The van der Waals surface area contributed by atoms with Crippen molar-refractivity contribution in [2.45, 2.75) is 71.4 Å². The van der Waals surface area contributed by atoms with E-state index in [0.717, 1.165) is 68.9 Å². The van der Waals surface area contributed by atoms with Gasteiger partial charge in [0.05, 0.1) is 5.56 Å². The molecular formula is C21H29N5O2. The van der Waals surface area contributed by atoms with E-state index in [2.05, 4.69) is 14.9 Å². The highest BCUT2D eigenvalue weighted by Gasteiger charge is 2.26. The van der Waals surface area contributed by atoms with E-state index in [9.17, 15) is 9.59 Å². The van der Waals surface area contributed by atoms with Crippen molar-refractivity contribution >= 4 is 23.0 Å². The van der Waals surface area contributed by atoms with Gasteiger partial charge >= 0.3 is 0 Å². The van der Waals surface area contributed by atoms with Crippen molar-refractivity contribution in [3.05, 3.63) is 23.1 Å². The quantitative estimate of drug-likeness (QED) is 0.883. The third kappa shape index (κ3) is 3.62. The second kappa shape index (κ2) is 7.89. The number of nitrogens with zero attached hydrogens (tertiary/aromatic N) is 4. The molecular weight excluding hydrogens is 354 g/mol. The Kier molecular flexibility index (Phi) is 5.33. The molecule has 1 N–H and O–H groups in total. The van der Waals surface area contributed by atoms with E-state index < -0.39 is 6.04 Å². The van der Waals surface area contributed by atoms with Gasteiger partial charge in [0.15, 0.2) is 5.65 Å². The number of likely N-dealkylation sites (tertiary alicyclic amines) is 1. The Morgan fingerprint density at radius 1 is 1.04 bits per heavy atom. The first-order chi connectivity index (χ1) is 13.5. The van der Waals surface area contributed by atoms with Gasteiger partial charge in [0.25, 0.3) is 5.91 Å². The molecule has 4 rings (SSSR count). The highest BCUT2D eigenvalue weighted by molar-refractivity contribution is 6.05. The molecule has 0 saturated carbocycles. The van der Waals surface area contributed by atoms with Crippen LogP contribution in [0.15, 0.2) is 6.07 Å². The fraction of sp³-hybridized carbons (Fsp3) is 0.619. The van der Waals surface area contributed by atoms with Crippen LogP contribution in [0.4, 0.5) is 0 Å². The molecule has 0 aromatic carbocycles. The van der Waals surface area contributed by atoms with Crippen LogP contribution in [0.1, 0.15) is 67.3 Å². The van der Waals surface area contributed by atoms with E-state index in [1.807, 2.05) is 11.8 Å². The minimum Gasteiger partial charge on any atom is -0.341 e. The van der Waals surface area contributed by atoms with Crippen LogP contribution in [0.5, 0.6) is 0 Å². The number of aromatic nitrogens is 3. The number of rotatable bonds is 3. The molecule has 1 saturated heterocycles. The van der Waals surface area contributed by atoms with E-state index in [-0.39, 0.29) is 11.8 Å². The summed E-state index contributed by atoms with van der Waals surface area (Å²) in [6, 6.07) is 1.23. The third-order valence-electron chi connectivity index (χ3n) is 5.82. The number of amides is 2. The highest BCUT2D eigenvalue weighted by atomic mass is 16.2. The zero-order valence-corrected chi connectivity index (χ0v) is 16.8. The Morgan fingerprint density at radius 2 is 1.75 bits per heavy atom. The number of hydrogen-bond acceptors (Lipinski definition) is 4. The first-order valence-electron chi connectivity index (χ1n) is 10.5. The molecule has 2 aromatic heterocycles. The van der Waals surface area contributed by atoms with E-state index in [0.29, 0.717) is 11.1 Å². The minimum absolute atomic E-state index is 0.00399. The van der Waals surface area contributed by atoms with Gasteiger partial charge in [-0.25, -0.2) is 9.97 Å². The van der Waals surface area contributed by atoms with Crippen molar-refractivity contribution in [2.75, 3.05) is 13.1 Å². The SMILES string of the molecule is Cc1cc(C(=O)N[C@@H](C)C(=O)N2CCCCC2)c2nc3n(c2n1)CCCCC3. The van der Waals surface area contributed by atoms with Crippen LogP contribution in [-0.4, -0.2) is 50.4 Å². The van der Waals surface area contributed by atoms with Crippen LogP contribution in [0.3, 0.4) is 0 Å². The summed E-state index contributed by atoms with van der Waals surface area (Å²) in [7, 11) is 0. The Labute approximate surface area is 165 Å². The van der Waals surface area contributed by atoms with Crippen molar-refractivity contribution in [2.24, 2.45) is 0 Å². The number of pyridine rings is 1. The predicted molar refractivity (Wildman–Crippen MR) is 107 cm³/mol. The number of fused-ring (bicyclic) bond motifs is 3. The topological polar surface area (TPSA) is 80.1 Å². The van der Waals surface area contributed by atoms with Gasteiger partial charge in [-0.2, -0.15) is 0 Å². The van der Waals surface area contributed by atoms with Crippen molar-refractivity contribution in [1.29, 1.82) is 0 Å². The molecule has 4 heterocycles. The number of imidazole rings is 1. The lowest BCUT2D eigenvalue weighted by Crippen LogP contribution is -2.48. The number of carbonyl (C=O) groups excluding carboxylic acids is 2. The Balaban J connectivity index is 1.59. The Bertz CT molecular complexity index is 898. The maximum Gasteiger partial charge on any atom is 0.254 e. The molecule has 7 heteroatoms. The van der Waals surface area contributed by atoms with Gasteiger partial charge in [-0.3, -0.25) is 9.59 Å². The van der Waals surface area contributed by atoms with E-state index in [1.165, 1.54) is 12.8 Å². The van der Waals surface area contributed by atoms with Crippen LogP contribution in [0.2, 0.25) is 0 Å². The number of piperidine rings is 1. The molecule has 150 valence electrons. The maximum absolute atomic E-state index is 13.0. The minimum atomic E-state index is -0.547. The first kappa shape index (κ1) is 18.9.